The first-order valence-electron chi connectivity index (χ1n) is 14.6. The van der Waals surface area contributed by atoms with Gasteiger partial charge in [0.2, 0.25) is 13.3 Å². The molecule has 1 aromatic rings. The van der Waals surface area contributed by atoms with Gasteiger partial charge in [0.1, 0.15) is 18.5 Å². The average Bonchev–Trinajstić information content (AvgIpc) is 3.58. The molecule has 0 bridgehead atoms. The zero-order chi connectivity index (χ0) is 29.5. The molecule has 0 amide bonds. The zero-order valence-electron chi connectivity index (χ0n) is 25.0. The average molecular weight is 584 g/mol. The molecule has 2 heterocycles. The van der Waals surface area contributed by atoms with Crippen LogP contribution in [0.1, 0.15) is 84.8 Å². The summed E-state index contributed by atoms with van der Waals surface area (Å²) in [6.45, 7) is 10.1. The highest BCUT2D eigenvalue weighted by molar-refractivity contribution is 7.58. The van der Waals surface area contributed by atoms with E-state index >= 15 is 0 Å². The van der Waals surface area contributed by atoms with Crippen molar-refractivity contribution in [2.45, 2.75) is 97.8 Å². The Morgan fingerprint density at radius 1 is 1.30 bits per heavy atom. The molecule has 1 saturated heterocycles. The summed E-state index contributed by atoms with van der Waals surface area (Å²) < 4.78 is 37.1. The normalized spacial score (nSPS) is 17.6. The summed E-state index contributed by atoms with van der Waals surface area (Å²) in [4.78, 5) is 21.3. The van der Waals surface area contributed by atoms with Gasteiger partial charge in [-0.15, -0.1) is 0 Å². The number of nitrogens with two attached hydrogens (primary N) is 1. The molecule has 13 heteroatoms. The van der Waals surface area contributed by atoms with E-state index < -0.39 is 13.5 Å². The van der Waals surface area contributed by atoms with Gasteiger partial charge in [0, 0.05) is 19.6 Å². The number of ether oxygens (including phenoxy) is 3. The number of carbonyl (C=O) groups is 1. The third-order valence-electron chi connectivity index (χ3n) is 7.02. The Balaban J connectivity index is 2.13. The van der Waals surface area contributed by atoms with E-state index in [1.165, 1.54) is 6.34 Å². The molecule has 2 atom stereocenters. The van der Waals surface area contributed by atoms with Crippen molar-refractivity contribution in [1.82, 2.24) is 18.9 Å². The monoisotopic (exact) mass is 583 g/mol. The van der Waals surface area contributed by atoms with Crippen LogP contribution in [0.15, 0.2) is 11.3 Å². The molecule has 1 unspecified atom stereocenters. The number of hydrogen-bond donors (Lipinski definition) is 2. The summed E-state index contributed by atoms with van der Waals surface area (Å²) in [5.74, 6) is 0.0467. The van der Waals surface area contributed by atoms with E-state index in [-0.39, 0.29) is 37.5 Å². The molecule has 0 radical (unpaired) electrons. The first-order valence-corrected chi connectivity index (χ1v) is 16.4. The molecule has 0 aromatic carbocycles. The van der Waals surface area contributed by atoms with Gasteiger partial charge in [0.25, 0.3) is 0 Å². The Kier molecular flexibility index (Phi) is 14.9. The van der Waals surface area contributed by atoms with Gasteiger partial charge >= 0.3 is 5.97 Å². The molecule has 0 saturated carbocycles. The van der Waals surface area contributed by atoms with E-state index in [0.717, 1.165) is 44.9 Å². The number of aromatic nitrogens is 2. The summed E-state index contributed by atoms with van der Waals surface area (Å²) in [6, 6.07) is -0.532. The molecular weight excluding hydrogens is 533 g/mol. The SMILES string of the molecule is CCCCN(C)P(=O)(COCCn1cnc(C(=N)OC(CCC)CCC)c1/N=C/N)N1CCC[C@H]1C(=O)OCC. The third-order valence-corrected chi connectivity index (χ3v) is 10.1. The van der Waals surface area contributed by atoms with E-state index in [9.17, 15) is 9.36 Å². The van der Waals surface area contributed by atoms with E-state index in [0.29, 0.717) is 37.6 Å². The Hall–Kier alpha value is -2.27. The molecule has 2 rings (SSSR count). The van der Waals surface area contributed by atoms with Crippen LogP contribution in [0.25, 0.3) is 0 Å². The van der Waals surface area contributed by atoms with Crippen molar-refractivity contribution in [3.05, 3.63) is 12.0 Å². The van der Waals surface area contributed by atoms with Gasteiger partial charge in [-0.3, -0.25) is 14.8 Å². The summed E-state index contributed by atoms with van der Waals surface area (Å²) in [5.41, 5.74) is 5.92. The van der Waals surface area contributed by atoms with Crippen LogP contribution in [0.5, 0.6) is 0 Å². The van der Waals surface area contributed by atoms with Gasteiger partial charge in [-0.2, -0.15) is 0 Å². The standard InChI is InChI=1S/C27H50N7O5P/c1-6-10-15-32(5)40(36,34-16-11-14-23(34)27(35)38-9-4)21-37-18-17-33-20-31-24(26(33)30-19-28)25(29)39-22(12-7-2)13-8-3/h19-20,22-23,29H,6-18,21H2,1-5H3,(H2,28,30)/t23-,40?/m0/s1. The van der Waals surface area contributed by atoms with Crippen molar-refractivity contribution in [1.29, 1.82) is 5.41 Å². The summed E-state index contributed by atoms with van der Waals surface area (Å²) in [7, 11) is -1.35. The Bertz CT molecular complexity index is 996. The highest BCUT2D eigenvalue weighted by Gasteiger charge is 2.45. The van der Waals surface area contributed by atoms with Crippen molar-refractivity contribution in [2.24, 2.45) is 10.7 Å². The fourth-order valence-electron chi connectivity index (χ4n) is 4.90. The molecule has 1 aliphatic rings. The maximum atomic E-state index is 14.4. The van der Waals surface area contributed by atoms with Gasteiger partial charge in [0.15, 0.2) is 11.5 Å². The van der Waals surface area contributed by atoms with Crippen molar-refractivity contribution in [3.63, 3.8) is 0 Å². The van der Waals surface area contributed by atoms with Crippen LogP contribution in [0, 0.1) is 5.41 Å². The van der Waals surface area contributed by atoms with Crippen LogP contribution in [0.3, 0.4) is 0 Å². The number of nitrogens with zero attached hydrogens (tertiary/aromatic N) is 5. The molecule has 12 nitrogen and oxygen atoms in total. The summed E-state index contributed by atoms with van der Waals surface area (Å²) in [5, 5.41) is 8.50. The Morgan fingerprint density at radius 3 is 2.65 bits per heavy atom. The number of rotatable bonds is 19. The van der Waals surface area contributed by atoms with E-state index in [4.69, 9.17) is 25.4 Å². The minimum Gasteiger partial charge on any atom is -0.473 e. The van der Waals surface area contributed by atoms with Crippen molar-refractivity contribution < 1.29 is 23.6 Å². The lowest BCUT2D eigenvalue weighted by atomic mass is 10.1. The number of nitrogens with one attached hydrogen (secondary N) is 1. The fourth-order valence-corrected chi connectivity index (χ4v) is 7.55. The number of hydrogen-bond acceptors (Lipinski definition) is 8. The summed E-state index contributed by atoms with van der Waals surface area (Å²) in [6.07, 6.45) is 9.59. The van der Waals surface area contributed by atoms with Crippen molar-refractivity contribution in [2.75, 3.05) is 39.7 Å². The molecule has 228 valence electrons. The quantitative estimate of drug-likeness (QED) is 0.0774. The minimum absolute atomic E-state index is 0.0190. The van der Waals surface area contributed by atoms with Crippen molar-refractivity contribution >= 4 is 31.5 Å². The Labute approximate surface area is 239 Å². The molecule has 0 aliphatic carbocycles. The number of carbonyl (C=O) groups excluding carboxylic acids is 1. The van der Waals surface area contributed by atoms with Crippen LogP contribution in [0.2, 0.25) is 0 Å². The number of esters is 1. The second-order valence-electron chi connectivity index (χ2n) is 10.0. The predicted molar refractivity (Wildman–Crippen MR) is 158 cm³/mol. The van der Waals surface area contributed by atoms with Crippen LogP contribution in [0.4, 0.5) is 5.82 Å². The van der Waals surface area contributed by atoms with E-state index in [2.05, 4.69) is 30.7 Å². The van der Waals surface area contributed by atoms with E-state index in [1.807, 2.05) is 16.4 Å². The number of unbranched alkanes of at least 4 members (excludes halogenated alkanes) is 1. The van der Waals surface area contributed by atoms with Gasteiger partial charge in [-0.1, -0.05) is 40.0 Å². The Morgan fingerprint density at radius 2 is 2.02 bits per heavy atom. The second kappa shape index (κ2) is 17.5. The molecule has 40 heavy (non-hydrogen) atoms. The predicted octanol–water partition coefficient (Wildman–Crippen LogP) is 4.74. The molecular formula is C27H50N7O5P. The van der Waals surface area contributed by atoms with Gasteiger partial charge in [0.05, 0.1) is 25.9 Å². The summed E-state index contributed by atoms with van der Waals surface area (Å²) >= 11 is 0. The molecule has 1 aromatic heterocycles. The molecule has 0 spiro atoms. The first kappa shape index (κ1) is 33.9. The molecule has 1 fully saturated rings. The lowest BCUT2D eigenvalue weighted by molar-refractivity contribution is -0.147. The van der Waals surface area contributed by atoms with Gasteiger partial charge < -0.3 is 24.5 Å². The highest BCUT2D eigenvalue weighted by atomic mass is 31.2. The smallest absolute Gasteiger partial charge is 0.323 e. The van der Waals surface area contributed by atoms with Crippen molar-refractivity contribution in [3.8, 4) is 0 Å². The molecule has 1 aliphatic heterocycles. The lowest BCUT2D eigenvalue weighted by Gasteiger charge is -2.37. The lowest BCUT2D eigenvalue weighted by Crippen LogP contribution is -2.40. The zero-order valence-corrected chi connectivity index (χ0v) is 25.9. The number of imidazole rings is 1. The van der Waals surface area contributed by atoms with Gasteiger partial charge in [-0.25, -0.2) is 19.3 Å². The largest absolute Gasteiger partial charge is 0.473 e. The second-order valence-corrected chi connectivity index (χ2v) is 12.8. The maximum absolute atomic E-state index is 14.4. The van der Waals surface area contributed by atoms with E-state index in [1.54, 1.807) is 17.8 Å². The maximum Gasteiger partial charge on any atom is 0.323 e. The number of aliphatic imine (C=N–C) groups is 1. The van der Waals surface area contributed by atoms with Crippen LogP contribution in [-0.4, -0.2) is 88.9 Å². The first-order chi connectivity index (χ1) is 19.3. The topological polar surface area (TPSA) is 148 Å². The van der Waals surface area contributed by atoms with Crippen LogP contribution >= 0.6 is 7.44 Å². The molecule has 3 N–H and O–H groups in total. The van der Waals surface area contributed by atoms with Gasteiger partial charge in [-0.05, 0) is 46.1 Å². The minimum atomic E-state index is -3.19. The van der Waals surface area contributed by atoms with Crippen LogP contribution in [-0.2, 0) is 30.1 Å². The highest BCUT2D eigenvalue weighted by Crippen LogP contribution is 2.56. The van der Waals surface area contributed by atoms with Crippen LogP contribution < -0.4 is 5.73 Å². The fraction of sp³-hybridized carbons (Fsp3) is 0.778. The third kappa shape index (κ3) is 9.12.